The largest absolute Gasteiger partial charge is 0.481 e. The lowest BCUT2D eigenvalue weighted by molar-refractivity contribution is -0.175. The van der Waals surface area contributed by atoms with Crippen molar-refractivity contribution in [3.8, 4) is 0 Å². The molecule has 0 saturated heterocycles. The van der Waals surface area contributed by atoms with Gasteiger partial charge in [0.15, 0.2) is 6.29 Å². The first-order chi connectivity index (χ1) is 27.4. The van der Waals surface area contributed by atoms with E-state index in [4.69, 9.17) is 9.47 Å². The molecule has 0 radical (unpaired) electrons. The topological polar surface area (TPSA) is 72.8 Å². The van der Waals surface area contributed by atoms with Crippen LogP contribution in [0.4, 0.5) is 0 Å². The Labute approximate surface area is 351 Å². The molecule has 0 fully saturated rings. The standard InChI is InChI=1S/C27H52O3.C24H48O2/c1-5-7-9-11-13-15-16-18-20-22-24-26(27(28)30-25(3)29-4)23-21-19-17-14-12-10-8-6-2;1-3-5-7-9-11-13-15-17-19-21-23(24(25)26)22-20-18-16-14-12-10-8-6-4-2/h5,7,25-26H,6,8-24H2,1-4H3;23H,3-22H2,1-2H3,(H,25,26)/b7-5+;. The molecule has 5 nitrogen and oxygen atoms in total. The van der Waals surface area contributed by atoms with E-state index in [0.29, 0.717) is 0 Å². The predicted molar refractivity (Wildman–Crippen MR) is 244 cm³/mol. The van der Waals surface area contributed by atoms with Gasteiger partial charge in [0.05, 0.1) is 11.8 Å². The summed E-state index contributed by atoms with van der Waals surface area (Å²) in [5.74, 6) is -0.673. The van der Waals surface area contributed by atoms with Crippen LogP contribution in [0.1, 0.15) is 279 Å². The molecule has 0 aromatic rings. The van der Waals surface area contributed by atoms with Gasteiger partial charge in [-0.2, -0.15) is 0 Å². The summed E-state index contributed by atoms with van der Waals surface area (Å²) in [7, 11) is 1.59. The number of carbonyl (C=O) groups excluding carboxylic acids is 1. The minimum absolute atomic E-state index is 0.0449. The lowest BCUT2D eigenvalue weighted by Crippen LogP contribution is -2.24. The van der Waals surface area contributed by atoms with E-state index in [0.717, 1.165) is 51.4 Å². The third-order valence-corrected chi connectivity index (χ3v) is 11.7. The van der Waals surface area contributed by atoms with Gasteiger partial charge in [-0.1, -0.05) is 238 Å². The van der Waals surface area contributed by atoms with Crippen molar-refractivity contribution < 1.29 is 24.2 Å². The van der Waals surface area contributed by atoms with Crippen LogP contribution in [0.5, 0.6) is 0 Å². The Balaban J connectivity index is 0. The van der Waals surface area contributed by atoms with Gasteiger partial charge in [0.1, 0.15) is 0 Å². The molecule has 334 valence electrons. The van der Waals surface area contributed by atoms with Crippen LogP contribution in [0, 0.1) is 11.8 Å². The van der Waals surface area contributed by atoms with E-state index in [-0.39, 0.29) is 17.8 Å². The molecular formula is C51H100O5. The number of carboxylic acid groups (broad SMARTS) is 1. The molecule has 0 aliphatic heterocycles. The number of carboxylic acids is 1. The fourth-order valence-corrected chi connectivity index (χ4v) is 7.71. The van der Waals surface area contributed by atoms with Gasteiger partial charge in [0.2, 0.25) is 0 Å². The second-order valence-corrected chi connectivity index (χ2v) is 17.1. The SMILES string of the molecule is C/C=C/CCCCCCCCCC(CCCCCCCCCC)C(=O)OC(C)OC.CCCCCCCCCCCC(CCCCCCCCCCC)C(=O)O. The van der Waals surface area contributed by atoms with Gasteiger partial charge in [-0.3, -0.25) is 9.59 Å². The molecule has 0 spiro atoms. The van der Waals surface area contributed by atoms with Gasteiger partial charge in [-0.25, -0.2) is 0 Å². The van der Waals surface area contributed by atoms with Gasteiger partial charge in [0.25, 0.3) is 0 Å². The number of esters is 1. The van der Waals surface area contributed by atoms with E-state index in [1.54, 1.807) is 14.0 Å². The van der Waals surface area contributed by atoms with Crippen LogP contribution in [-0.4, -0.2) is 30.4 Å². The van der Waals surface area contributed by atoms with E-state index < -0.39 is 12.3 Å². The van der Waals surface area contributed by atoms with Crippen molar-refractivity contribution >= 4 is 11.9 Å². The minimum atomic E-state index is -0.566. The van der Waals surface area contributed by atoms with Gasteiger partial charge < -0.3 is 14.6 Å². The zero-order chi connectivity index (χ0) is 41.6. The Morgan fingerprint density at radius 3 is 1.04 bits per heavy atom. The minimum Gasteiger partial charge on any atom is -0.481 e. The highest BCUT2D eigenvalue weighted by Gasteiger charge is 2.21. The summed E-state index contributed by atoms with van der Waals surface area (Å²) >= 11 is 0. The van der Waals surface area contributed by atoms with Gasteiger partial charge >= 0.3 is 11.9 Å². The normalized spacial score (nSPS) is 12.6. The van der Waals surface area contributed by atoms with Crippen molar-refractivity contribution in [2.75, 3.05) is 7.11 Å². The first-order valence-corrected chi connectivity index (χ1v) is 24.9. The molecule has 0 aliphatic rings. The number of unbranched alkanes of at least 4 members (excludes halogenated alkanes) is 30. The molecule has 0 bridgehead atoms. The number of rotatable bonds is 43. The van der Waals surface area contributed by atoms with Crippen molar-refractivity contribution in [3.63, 3.8) is 0 Å². The molecule has 5 heteroatoms. The molecule has 56 heavy (non-hydrogen) atoms. The van der Waals surface area contributed by atoms with Gasteiger partial charge in [0, 0.05) is 7.11 Å². The maximum absolute atomic E-state index is 12.5. The van der Waals surface area contributed by atoms with Crippen molar-refractivity contribution in [2.24, 2.45) is 11.8 Å². The summed E-state index contributed by atoms with van der Waals surface area (Å²) in [5.41, 5.74) is 0. The Morgan fingerprint density at radius 2 is 0.750 bits per heavy atom. The number of allylic oxidation sites excluding steroid dienone is 2. The summed E-state index contributed by atoms with van der Waals surface area (Å²) in [6, 6.07) is 0. The summed E-state index contributed by atoms with van der Waals surface area (Å²) in [5, 5.41) is 9.42. The lowest BCUT2D eigenvalue weighted by Gasteiger charge is -2.19. The zero-order valence-corrected chi connectivity index (χ0v) is 38.8. The number of hydrogen-bond acceptors (Lipinski definition) is 4. The van der Waals surface area contributed by atoms with E-state index in [1.165, 1.54) is 193 Å². The second-order valence-electron chi connectivity index (χ2n) is 17.1. The van der Waals surface area contributed by atoms with E-state index in [2.05, 4.69) is 39.8 Å². The molecule has 0 amide bonds. The van der Waals surface area contributed by atoms with Gasteiger partial charge in [-0.15, -0.1) is 0 Å². The van der Waals surface area contributed by atoms with E-state index >= 15 is 0 Å². The molecule has 0 saturated carbocycles. The summed E-state index contributed by atoms with van der Waals surface area (Å²) in [4.78, 5) is 24.0. The Hall–Kier alpha value is -1.36. The first-order valence-electron chi connectivity index (χ1n) is 24.9. The van der Waals surface area contributed by atoms with Crippen LogP contribution >= 0.6 is 0 Å². The van der Waals surface area contributed by atoms with Crippen LogP contribution < -0.4 is 0 Å². The molecule has 1 N–H and O–H groups in total. The number of hydrogen-bond donors (Lipinski definition) is 1. The van der Waals surface area contributed by atoms with E-state index in [9.17, 15) is 14.7 Å². The number of ether oxygens (including phenoxy) is 2. The molecule has 2 atom stereocenters. The number of aliphatic carboxylic acids is 1. The molecule has 0 aromatic carbocycles. The maximum Gasteiger partial charge on any atom is 0.311 e. The number of methoxy groups -OCH3 is 1. The highest BCUT2D eigenvalue weighted by Crippen LogP contribution is 2.23. The van der Waals surface area contributed by atoms with Crippen LogP contribution in [0.2, 0.25) is 0 Å². The molecule has 0 aliphatic carbocycles. The average Bonchev–Trinajstić information content (AvgIpc) is 3.19. The molecule has 0 rings (SSSR count). The highest BCUT2D eigenvalue weighted by atomic mass is 16.7. The van der Waals surface area contributed by atoms with Crippen LogP contribution in [0.3, 0.4) is 0 Å². The third-order valence-electron chi connectivity index (χ3n) is 11.7. The van der Waals surface area contributed by atoms with Gasteiger partial charge in [-0.05, 0) is 52.4 Å². The van der Waals surface area contributed by atoms with Crippen molar-refractivity contribution in [1.29, 1.82) is 0 Å². The van der Waals surface area contributed by atoms with Crippen molar-refractivity contribution in [1.82, 2.24) is 0 Å². The average molecular weight is 793 g/mol. The first kappa shape index (κ1) is 56.7. The van der Waals surface area contributed by atoms with Crippen molar-refractivity contribution in [3.05, 3.63) is 12.2 Å². The van der Waals surface area contributed by atoms with Crippen molar-refractivity contribution in [2.45, 2.75) is 285 Å². The molecular weight excluding hydrogens is 693 g/mol. The smallest absolute Gasteiger partial charge is 0.311 e. The van der Waals surface area contributed by atoms with Crippen LogP contribution in [0.25, 0.3) is 0 Å². The third kappa shape index (κ3) is 43.8. The molecule has 0 heterocycles. The Kier molecular flexibility index (Phi) is 48.6. The summed E-state index contributed by atoms with van der Waals surface area (Å²) in [6.07, 6.45) is 51.8. The highest BCUT2D eigenvalue weighted by molar-refractivity contribution is 5.72. The fraction of sp³-hybridized carbons (Fsp3) is 0.922. The summed E-state index contributed by atoms with van der Waals surface area (Å²) in [6.45, 7) is 10.7. The maximum atomic E-state index is 12.5. The fourth-order valence-electron chi connectivity index (χ4n) is 7.71. The summed E-state index contributed by atoms with van der Waals surface area (Å²) < 4.78 is 10.6. The predicted octanol–water partition coefficient (Wildman–Crippen LogP) is 17.3. The van der Waals surface area contributed by atoms with Crippen LogP contribution in [0.15, 0.2) is 12.2 Å². The monoisotopic (exact) mass is 793 g/mol. The zero-order valence-electron chi connectivity index (χ0n) is 38.8. The lowest BCUT2D eigenvalue weighted by atomic mass is 9.94. The van der Waals surface area contributed by atoms with E-state index in [1.807, 2.05) is 0 Å². The second kappa shape index (κ2) is 48.0. The Bertz CT molecular complexity index is 788. The molecule has 2 unspecified atom stereocenters. The quantitative estimate of drug-likeness (QED) is 0.0288. The Morgan fingerprint density at radius 1 is 0.464 bits per heavy atom. The van der Waals surface area contributed by atoms with Crippen LogP contribution in [-0.2, 0) is 19.1 Å². The molecule has 0 aromatic heterocycles. The number of carbonyl (C=O) groups is 2.